The summed E-state index contributed by atoms with van der Waals surface area (Å²) in [6.45, 7) is 6.63. The molecule has 2 aliphatic rings. The summed E-state index contributed by atoms with van der Waals surface area (Å²) in [7, 11) is 1.65. The molecule has 2 aromatic heterocycles. The van der Waals surface area contributed by atoms with Gasteiger partial charge >= 0.3 is 0 Å². The molecule has 0 radical (unpaired) electrons. The quantitative estimate of drug-likeness (QED) is 0.499. The molecule has 5 rings (SSSR count). The molecule has 0 unspecified atom stereocenters. The van der Waals surface area contributed by atoms with Crippen molar-refractivity contribution in [3.8, 4) is 16.6 Å². The number of fused-ring (bicyclic) bond motifs is 1. The maximum absolute atomic E-state index is 11.2. The van der Waals surface area contributed by atoms with Crippen LogP contribution >= 0.6 is 11.3 Å². The summed E-state index contributed by atoms with van der Waals surface area (Å²) in [6, 6.07) is 5.87. The second-order valence-corrected chi connectivity index (χ2v) is 9.13. The van der Waals surface area contributed by atoms with Crippen LogP contribution in [0.5, 0.6) is 5.75 Å². The third-order valence-corrected chi connectivity index (χ3v) is 6.92. The van der Waals surface area contributed by atoms with Gasteiger partial charge in [-0.05, 0) is 18.6 Å². The second kappa shape index (κ2) is 9.94. The average molecular weight is 470 g/mol. The Bertz CT molecular complexity index is 1120. The van der Waals surface area contributed by atoms with E-state index in [9.17, 15) is 4.79 Å². The van der Waals surface area contributed by atoms with Gasteiger partial charge in [0.25, 0.3) is 0 Å². The van der Waals surface area contributed by atoms with Crippen molar-refractivity contribution in [3.05, 3.63) is 24.0 Å². The molecule has 2 aliphatic heterocycles. The fourth-order valence-electron chi connectivity index (χ4n) is 4.06. The number of thiazole rings is 1. The number of anilines is 1. The minimum Gasteiger partial charge on any atom is -0.497 e. The number of hydrogen-bond acceptors (Lipinski definition) is 10. The van der Waals surface area contributed by atoms with Crippen LogP contribution < -0.4 is 9.64 Å². The van der Waals surface area contributed by atoms with Gasteiger partial charge in [-0.1, -0.05) is 0 Å². The molecule has 174 valence electrons. The van der Waals surface area contributed by atoms with Gasteiger partial charge in [-0.25, -0.2) is 9.97 Å². The highest BCUT2D eigenvalue weighted by Crippen LogP contribution is 2.31. The Morgan fingerprint density at radius 2 is 1.94 bits per heavy atom. The van der Waals surface area contributed by atoms with Gasteiger partial charge in [-0.15, -0.1) is 11.3 Å². The molecule has 33 heavy (non-hydrogen) atoms. The zero-order valence-corrected chi connectivity index (χ0v) is 19.5. The number of ether oxygens (including phenoxy) is 2. The molecule has 1 aromatic carbocycles. The Labute approximate surface area is 196 Å². The molecule has 0 aliphatic carbocycles. The first-order valence-electron chi connectivity index (χ1n) is 11.2. The SMILES string of the molecule is COc1ccc2sc(-c3nc(CN4CCCN(C=O)CC4)nc(N4CCOCC4)n3)nc2c1. The van der Waals surface area contributed by atoms with E-state index in [1.54, 1.807) is 18.4 Å². The minimum absolute atomic E-state index is 0.589. The molecule has 0 spiro atoms. The zero-order valence-electron chi connectivity index (χ0n) is 18.6. The van der Waals surface area contributed by atoms with E-state index in [1.807, 2.05) is 23.1 Å². The third kappa shape index (κ3) is 5.05. The molecule has 4 heterocycles. The van der Waals surface area contributed by atoms with Gasteiger partial charge in [0.2, 0.25) is 12.4 Å². The van der Waals surface area contributed by atoms with E-state index in [1.165, 1.54) is 0 Å². The van der Waals surface area contributed by atoms with E-state index in [-0.39, 0.29) is 0 Å². The van der Waals surface area contributed by atoms with Crippen molar-refractivity contribution < 1.29 is 14.3 Å². The summed E-state index contributed by atoms with van der Waals surface area (Å²) in [5.41, 5.74) is 0.866. The van der Waals surface area contributed by atoms with Gasteiger partial charge in [0, 0.05) is 45.3 Å². The smallest absolute Gasteiger partial charge is 0.229 e. The van der Waals surface area contributed by atoms with Crippen LogP contribution in [-0.4, -0.2) is 95.7 Å². The van der Waals surface area contributed by atoms with Crippen LogP contribution in [0.4, 0.5) is 5.95 Å². The Balaban J connectivity index is 1.47. The summed E-state index contributed by atoms with van der Waals surface area (Å²) in [4.78, 5) is 36.6. The molecule has 10 nitrogen and oxygen atoms in total. The molecule has 2 saturated heterocycles. The van der Waals surface area contributed by atoms with Gasteiger partial charge in [0.05, 0.1) is 37.1 Å². The van der Waals surface area contributed by atoms with Crippen molar-refractivity contribution in [2.45, 2.75) is 13.0 Å². The van der Waals surface area contributed by atoms with Crippen LogP contribution in [0.15, 0.2) is 18.2 Å². The van der Waals surface area contributed by atoms with Gasteiger partial charge in [-0.2, -0.15) is 9.97 Å². The van der Waals surface area contributed by atoms with E-state index in [0.29, 0.717) is 31.5 Å². The Morgan fingerprint density at radius 1 is 1.06 bits per heavy atom. The molecule has 1 amide bonds. The summed E-state index contributed by atoms with van der Waals surface area (Å²) >= 11 is 1.56. The third-order valence-electron chi connectivity index (χ3n) is 5.89. The summed E-state index contributed by atoms with van der Waals surface area (Å²) in [6.07, 6.45) is 1.87. The number of morpholine rings is 1. The second-order valence-electron chi connectivity index (χ2n) is 8.10. The highest BCUT2D eigenvalue weighted by molar-refractivity contribution is 7.21. The van der Waals surface area contributed by atoms with Crippen LogP contribution in [0.2, 0.25) is 0 Å². The molecular weight excluding hydrogens is 442 g/mol. The van der Waals surface area contributed by atoms with Crippen LogP contribution in [0.3, 0.4) is 0 Å². The first-order valence-corrected chi connectivity index (χ1v) is 12.0. The number of amides is 1. The lowest BCUT2D eigenvalue weighted by molar-refractivity contribution is -0.118. The summed E-state index contributed by atoms with van der Waals surface area (Å²) in [5.74, 6) is 2.75. The van der Waals surface area contributed by atoms with Crippen LogP contribution in [0.25, 0.3) is 21.0 Å². The number of hydrogen-bond donors (Lipinski definition) is 0. The molecule has 0 bridgehead atoms. The summed E-state index contributed by atoms with van der Waals surface area (Å²) < 4.78 is 11.9. The molecule has 0 saturated carbocycles. The van der Waals surface area contributed by atoms with Gasteiger partial charge < -0.3 is 19.3 Å². The fraction of sp³-hybridized carbons (Fsp3) is 0.500. The molecular formula is C22H27N7O3S. The van der Waals surface area contributed by atoms with Crippen molar-refractivity contribution >= 4 is 33.9 Å². The number of nitrogens with zero attached hydrogens (tertiary/aromatic N) is 7. The number of carbonyl (C=O) groups is 1. The average Bonchev–Trinajstić information content (AvgIpc) is 3.16. The van der Waals surface area contributed by atoms with E-state index in [4.69, 9.17) is 29.4 Å². The molecule has 2 fully saturated rings. The van der Waals surface area contributed by atoms with E-state index in [0.717, 1.165) is 78.9 Å². The first-order chi connectivity index (χ1) is 16.2. The van der Waals surface area contributed by atoms with E-state index in [2.05, 4.69) is 9.80 Å². The highest BCUT2D eigenvalue weighted by Gasteiger charge is 2.21. The van der Waals surface area contributed by atoms with Crippen LogP contribution in [-0.2, 0) is 16.1 Å². The number of carbonyl (C=O) groups excluding carboxylic acids is 1. The normalized spacial score (nSPS) is 17.8. The predicted molar refractivity (Wildman–Crippen MR) is 126 cm³/mol. The van der Waals surface area contributed by atoms with Crippen molar-refractivity contribution in [3.63, 3.8) is 0 Å². The monoisotopic (exact) mass is 469 g/mol. The standard InChI is InChI=1S/C22H27N7O3S/c1-31-16-3-4-18-17(13-16)23-21(33-18)20-24-19(14-27-5-2-6-28(15-30)8-7-27)25-22(26-20)29-9-11-32-12-10-29/h3-4,13,15H,2,5-12,14H2,1H3. The lowest BCUT2D eigenvalue weighted by Crippen LogP contribution is -2.38. The fourth-order valence-corrected chi connectivity index (χ4v) is 4.94. The van der Waals surface area contributed by atoms with E-state index >= 15 is 0 Å². The van der Waals surface area contributed by atoms with Gasteiger partial charge in [-0.3, -0.25) is 9.69 Å². The van der Waals surface area contributed by atoms with Crippen molar-refractivity contribution in [2.24, 2.45) is 0 Å². The lowest BCUT2D eigenvalue weighted by Gasteiger charge is -2.27. The Morgan fingerprint density at radius 3 is 2.76 bits per heavy atom. The Hall–Kier alpha value is -2.89. The predicted octanol–water partition coefficient (Wildman–Crippen LogP) is 1.66. The topological polar surface area (TPSA) is 96.8 Å². The number of rotatable bonds is 6. The van der Waals surface area contributed by atoms with E-state index < -0.39 is 0 Å². The number of aromatic nitrogens is 4. The van der Waals surface area contributed by atoms with Crippen LogP contribution in [0, 0.1) is 0 Å². The van der Waals surface area contributed by atoms with Crippen molar-refractivity contribution in [1.29, 1.82) is 0 Å². The largest absolute Gasteiger partial charge is 0.497 e. The van der Waals surface area contributed by atoms with Gasteiger partial charge in [0.15, 0.2) is 10.8 Å². The number of benzene rings is 1. The molecule has 0 atom stereocenters. The van der Waals surface area contributed by atoms with Crippen molar-refractivity contribution in [2.75, 3.05) is 64.5 Å². The van der Waals surface area contributed by atoms with Crippen molar-refractivity contribution in [1.82, 2.24) is 29.7 Å². The lowest BCUT2D eigenvalue weighted by atomic mass is 10.3. The maximum Gasteiger partial charge on any atom is 0.229 e. The first kappa shape index (κ1) is 21.9. The minimum atomic E-state index is 0.589. The zero-order chi connectivity index (χ0) is 22.6. The molecule has 11 heteroatoms. The highest BCUT2D eigenvalue weighted by atomic mass is 32.1. The molecule has 0 N–H and O–H groups in total. The Kier molecular flexibility index (Phi) is 6.60. The van der Waals surface area contributed by atoms with Crippen LogP contribution in [0.1, 0.15) is 12.2 Å². The summed E-state index contributed by atoms with van der Waals surface area (Å²) in [5, 5.41) is 0.763. The van der Waals surface area contributed by atoms with Gasteiger partial charge in [0.1, 0.15) is 11.6 Å². The number of methoxy groups -OCH3 is 1. The maximum atomic E-state index is 11.2. The molecule has 3 aromatic rings.